The zero-order valence-corrected chi connectivity index (χ0v) is 7.97. The number of carbonyl (C=O) groups excluding carboxylic acids is 1. The molecule has 1 atom stereocenters. The maximum Gasteiger partial charge on any atom is 0.315 e. The van der Waals surface area contributed by atoms with Crippen molar-refractivity contribution in [2.45, 2.75) is 44.7 Å². The molecule has 0 aromatic heterocycles. The average molecular weight is 180 g/mol. The second kappa shape index (κ2) is 4.76. The van der Waals surface area contributed by atoms with E-state index >= 15 is 0 Å². The first kappa shape index (κ1) is 9.91. The molecule has 1 rings (SSSR count). The van der Waals surface area contributed by atoms with E-state index in [-0.39, 0.29) is 12.1 Å². The highest BCUT2D eigenvalue weighted by Crippen LogP contribution is 2.17. The number of nitrogens with one attached hydrogen (secondary N) is 2. The van der Waals surface area contributed by atoms with Gasteiger partial charge in [0, 0.05) is 6.04 Å². The molecule has 0 heterocycles. The molecule has 0 saturated heterocycles. The van der Waals surface area contributed by atoms with Crippen molar-refractivity contribution >= 4 is 6.03 Å². The number of hydrogen-bond donors (Lipinski definition) is 2. The summed E-state index contributed by atoms with van der Waals surface area (Å²) in [5, 5.41) is 5.57. The second-order valence-electron chi connectivity index (χ2n) is 3.49. The molecular formula is C10H16N2O. The van der Waals surface area contributed by atoms with E-state index in [1.54, 1.807) is 6.92 Å². The summed E-state index contributed by atoms with van der Waals surface area (Å²) >= 11 is 0. The van der Waals surface area contributed by atoms with Crippen LogP contribution in [0.5, 0.6) is 0 Å². The van der Waals surface area contributed by atoms with Crippen LogP contribution in [-0.2, 0) is 0 Å². The van der Waals surface area contributed by atoms with Crippen molar-refractivity contribution in [2.24, 2.45) is 0 Å². The molecule has 0 radical (unpaired) electrons. The fourth-order valence-electron chi connectivity index (χ4n) is 1.54. The first-order valence-corrected chi connectivity index (χ1v) is 4.75. The third kappa shape index (κ3) is 3.37. The van der Waals surface area contributed by atoms with Crippen LogP contribution in [0.1, 0.15) is 32.6 Å². The molecule has 2 N–H and O–H groups in total. The highest BCUT2D eigenvalue weighted by atomic mass is 16.2. The lowest BCUT2D eigenvalue weighted by Crippen LogP contribution is -2.44. The standard InChI is InChI=1S/C10H16N2O/c1-3-8(2)11-10(13)12-9-6-4-5-7-9/h1,8-9H,4-7H2,2H3,(H2,11,12,13). The molecule has 1 saturated carbocycles. The van der Waals surface area contributed by atoms with Gasteiger partial charge in [0.25, 0.3) is 0 Å². The van der Waals surface area contributed by atoms with E-state index in [4.69, 9.17) is 6.42 Å². The van der Waals surface area contributed by atoms with Crippen molar-refractivity contribution in [3.05, 3.63) is 0 Å². The van der Waals surface area contributed by atoms with Gasteiger partial charge in [0.05, 0.1) is 6.04 Å². The fourth-order valence-corrected chi connectivity index (χ4v) is 1.54. The molecule has 0 spiro atoms. The Kier molecular flexibility index (Phi) is 3.63. The van der Waals surface area contributed by atoms with Crippen molar-refractivity contribution in [1.82, 2.24) is 10.6 Å². The van der Waals surface area contributed by atoms with Gasteiger partial charge >= 0.3 is 6.03 Å². The third-order valence-electron chi connectivity index (χ3n) is 2.29. The van der Waals surface area contributed by atoms with Crippen LogP contribution in [0.4, 0.5) is 4.79 Å². The molecule has 0 aromatic rings. The molecule has 1 unspecified atom stereocenters. The van der Waals surface area contributed by atoms with Gasteiger partial charge in [-0.1, -0.05) is 18.8 Å². The summed E-state index contributed by atoms with van der Waals surface area (Å²) in [5.74, 6) is 2.45. The number of urea groups is 1. The number of amides is 2. The second-order valence-corrected chi connectivity index (χ2v) is 3.49. The van der Waals surface area contributed by atoms with E-state index < -0.39 is 0 Å². The van der Waals surface area contributed by atoms with Gasteiger partial charge in [-0.05, 0) is 19.8 Å². The van der Waals surface area contributed by atoms with Crippen molar-refractivity contribution in [3.63, 3.8) is 0 Å². The summed E-state index contributed by atoms with van der Waals surface area (Å²) < 4.78 is 0. The van der Waals surface area contributed by atoms with Crippen molar-refractivity contribution in [3.8, 4) is 12.3 Å². The van der Waals surface area contributed by atoms with Crippen LogP contribution in [-0.4, -0.2) is 18.1 Å². The van der Waals surface area contributed by atoms with Crippen molar-refractivity contribution in [1.29, 1.82) is 0 Å². The van der Waals surface area contributed by atoms with Crippen LogP contribution in [0.25, 0.3) is 0 Å². The molecule has 13 heavy (non-hydrogen) atoms. The first-order valence-electron chi connectivity index (χ1n) is 4.75. The van der Waals surface area contributed by atoms with Gasteiger partial charge in [-0.2, -0.15) is 0 Å². The smallest absolute Gasteiger partial charge is 0.315 e. The Hall–Kier alpha value is -1.17. The predicted octanol–water partition coefficient (Wildman–Crippen LogP) is 1.25. The van der Waals surface area contributed by atoms with E-state index in [1.807, 2.05) is 0 Å². The SMILES string of the molecule is C#CC(C)NC(=O)NC1CCCC1. The lowest BCUT2D eigenvalue weighted by Gasteiger charge is -2.14. The molecule has 72 valence electrons. The summed E-state index contributed by atoms with van der Waals surface area (Å²) in [6.45, 7) is 1.79. The van der Waals surface area contributed by atoms with Gasteiger partial charge < -0.3 is 10.6 Å². The summed E-state index contributed by atoms with van der Waals surface area (Å²) in [6.07, 6.45) is 9.76. The zero-order chi connectivity index (χ0) is 9.68. The Labute approximate surface area is 79.3 Å². The van der Waals surface area contributed by atoms with Gasteiger partial charge in [-0.3, -0.25) is 0 Å². The maximum absolute atomic E-state index is 11.3. The minimum atomic E-state index is -0.193. The molecule has 0 aromatic carbocycles. The monoisotopic (exact) mass is 180 g/mol. The van der Waals surface area contributed by atoms with Crippen LogP contribution >= 0.6 is 0 Å². The Morgan fingerprint density at radius 3 is 2.69 bits per heavy atom. The fraction of sp³-hybridized carbons (Fsp3) is 0.700. The normalized spacial score (nSPS) is 19.1. The van der Waals surface area contributed by atoms with Crippen molar-refractivity contribution in [2.75, 3.05) is 0 Å². The minimum absolute atomic E-state index is 0.141. The molecule has 3 nitrogen and oxygen atoms in total. The lowest BCUT2D eigenvalue weighted by atomic mass is 10.2. The van der Waals surface area contributed by atoms with Crippen LogP contribution < -0.4 is 10.6 Å². The van der Waals surface area contributed by atoms with E-state index in [1.165, 1.54) is 12.8 Å². The van der Waals surface area contributed by atoms with E-state index in [9.17, 15) is 4.79 Å². The van der Waals surface area contributed by atoms with Gasteiger partial charge in [-0.15, -0.1) is 6.42 Å². The summed E-state index contributed by atoms with van der Waals surface area (Å²) in [7, 11) is 0. The maximum atomic E-state index is 11.3. The molecule has 1 fully saturated rings. The van der Waals surface area contributed by atoms with Gasteiger partial charge in [0.15, 0.2) is 0 Å². The minimum Gasteiger partial charge on any atom is -0.335 e. The number of carbonyl (C=O) groups is 1. The predicted molar refractivity (Wildman–Crippen MR) is 52.2 cm³/mol. The lowest BCUT2D eigenvalue weighted by molar-refractivity contribution is 0.236. The molecule has 2 amide bonds. The van der Waals surface area contributed by atoms with Crippen LogP contribution in [0, 0.1) is 12.3 Å². The molecule has 1 aliphatic rings. The largest absolute Gasteiger partial charge is 0.335 e. The molecule has 0 aliphatic heterocycles. The van der Waals surface area contributed by atoms with Gasteiger partial charge in [-0.25, -0.2) is 4.79 Å². The van der Waals surface area contributed by atoms with Crippen LogP contribution in [0.2, 0.25) is 0 Å². The van der Waals surface area contributed by atoms with E-state index in [2.05, 4.69) is 16.6 Å². The Morgan fingerprint density at radius 2 is 2.15 bits per heavy atom. The Morgan fingerprint density at radius 1 is 1.54 bits per heavy atom. The zero-order valence-electron chi connectivity index (χ0n) is 7.97. The van der Waals surface area contributed by atoms with Gasteiger partial charge in [0.1, 0.15) is 0 Å². The Bertz CT molecular complexity index is 213. The van der Waals surface area contributed by atoms with E-state index in [0.717, 1.165) is 12.8 Å². The quantitative estimate of drug-likeness (QED) is 0.617. The van der Waals surface area contributed by atoms with E-state index in [0.29, 0.717) is 6.04 Å². The molecular weight excluding hydrogens is 164 g/mol. The number of rotatable bonds is 2. The van der Waals surface area contributed by atoms with Crippen LogP contribution in [0.3, 0.4) is 0 Å². The number of hydrogen-bond acceptors (Lipinski definition) is 1. The molecule has 1 aliphatic carbocycles. The Balaban J connectivity index is 2.21. The molecule has 3 heteroatoms. The molecule has 0 bridgehead atoms. The summed E-state index contributed by atoms with van der Waals surface area (Å²) in [4.78, 5) is 11.3. The average Bonchev–Trinajstić information content (AvgIpc) is 2.56. The first-order chi connectivity index (χ1) is 6.22. The van der Waals surface area contributed by atoms with Gasteiger partial charge in [0.2, 0.25) is 0 Å². The van der Waals surface area contributed by atoms with Crippen LogP contribution in [0.15, 0.2) is 0 Å². The number of terminal acetylenes is 1. The highest BCUT2D eigenvalue weighted by molar-refractivity contribution is 5.74. The topological polar surface area (TPSA) is 41.1 Å². The third-order valence-corrected chi connectivity index (χ3v) is 2.29. The summed E-state index contributed by atoms with van der Waals surface area (Å²) in [5.41, 5.74) is 0. The highest BCUT2D eigenvalue weighted by Gasteiger charge is 2.17. The van der Waals surface area contributed by atoms with Crippen molar-refractivity contribution < 1.29 is 4.79 Å². The summed E-state index contributed by atoms with van der Waals surface area (Å²) in [6, 6.07) is 0.0173.